The van der Waals surface area contributed by atoms with E-state index in [4.69, 9.17) is 0 Å². The molecule has 2 aliphatic heterocycles. The predicted molar refractivity (Wildman–Crippen MR) is 92.3 cm³/mol. The van der Waals surface area contributed by atoms with Gasteiger partial charge in [0.25, 0.3) is 0 Å². The predicted octanol–water partition coefficient (Wildman–Crippen LogP) is 1.25. The number of carbonyl (C=O) groups is 1. The molecule has 0 saturated carbocycles. The summed E-state index contributed by atoms with van der Waals surface area (Å²) in [5, 5.41) is 0. The summed E-state index contributed by atoms with van der Waals surface area (Å²) in [5.41, 5.74) is 0. The van der Waals surface area contributed by atoms with Gasteiger partial charge in [-0.2, -0.15) is 0 Å². The van der Waals surface area contributed by atoms with Crippen LogP contribution in [0.3, 0.4) is 0 Å². The molecule has 2 heterocycles. The number of carbonyl (C=O) groups excluding carboxylic acids is 1. The van der Waals surface area contributed by atoms with E-state index in [-0.39, 0.29) is 35.0 Å². The van der Waals surface area contributed by atoms with Gasteiger partial charge in [0.05, 0.1) is 17.3 Å². The Morgan fingerprint density at radius 2 is 1.92 bits per heavy atom. The quantitative estimate of drug-likeness (QED) is 0.745. The van der Waals surface area contributed by atoms with Gasteiger partial charge in [0.1, 0.15) is 5.82 Å². The summed E-state index contributed by atoms with van der Waals surface area (Å²) in [4.78, 5) is 16.7. The van der Waals surface area contributed by atoms with E-state index in [1.807, 2.05) is 0 Å². The lowest BCUT2D eigenvalue weighted by atomic mass is 10.2. The van der Waals surface area contributed by atoms with Crippen LogP contribution < -0.4 is 0 Å². The number of amides is 1. The van der Waals surface area contributed by atoms with Crippen molar-refractivity contribution in [1.29, 1.82) is 0 Å². The van der Waals surface area contributed by atoms with Crippen molar-refractivity contribution < 1.29 is 17.6 Å². The Morgan fingerprint density at radius 3 is 2.54 bits per heavy atom. The molecule has 0 bridgehead atoms. The van der Waals surface area contributed by atoms with Crippen molar-refractivity contribution in [3.8, 4) is 0 Å². The summed E-state index contributed by atoms with van der Waals surface area (Å²) >= 11 is 1.22. The number of hydrogen-bond acceptors (Lipinski definition) is 5. The van der Waals surface area contributed by atoms with Gasteiger partial charge < -0.3 is 4.90 Å². The molecule has 5 nitrogen and oxygen atoms in total. The minimum Gasteiger partial charge on any atom is -0.339 e. The number of halogens is 1. The van der Waals surface area contributed by atoms with E-state index in [1.165, 1.54) is 17.8 Å². The molecule has 0 aromatic heterocycles. The number of rotatable bonds is 4. The molecule has 8 heteroatoms. The highest BCUT2D eigenvalue weighted by Gasteiger charge is 2.34. The second kappa shape index (κ2) is 7.41. The maximum absolute atomic E-state index is 13.6. The second-order valence-electron chi connectivity index (χ2n) is 6.19. The van der Waals surface area contributed by atoms with Crippen molar-refractivity contribution >= 4 is 27.5 Å². The van der Waals surface area contributed by atoms with Crippen LogP contribution in [0.5, 0.6) is 0 Å². The third-order valence-electron chi connectivity index (χ3n) is 4.58. The molecule has 1 amide bonds. The van der Waals surface area contributed by atoms with Gasteiger partial charge in [-0.05, 0) is 18.6 Å². The van der Waals surface area contributed by atoms with Crippen LogP contribution in [0.2, 0.25) is 0 Å². The van der Waals surface area contributed by atoms with Gasteiger partial charge in [0.15, 0.2) is 9.84 Å². The molecule has 0 radical (unpaired) electrons. The monoisotopic (exact) mass is 372 g/mol. The van der Waals surface area contributed by atoms with Crippen molar-refractivity contribution in [3.63, 3.8) is 0 Å². The van der Waals surface area contributed by atoms with Crippen LogP contribution in [0, 0.1) is 5.82 Å². The van der Waals surface area contributed by atoms with Crippen LogP contribution >= 0.6 is 11.8 Å². The molecule has 2 aliphatic rings. The summed E-state index contributed by atoms with van der Waals surface area (Å²) in [6, 6.07) is 6.54. The maximum Gasteiger partial charge on any atom is 0.233 e. The normalized spacial score (nSPS) is 24.2. The molecule has 2 saturated heterocycles. The summed E-state index contributed by atoms with van der Waals surface area (Å²) in [5.74, 6) is 0.434. The van der Waals surface area contributed by atoms with Gasteiger partial charge in [-0.1, -0.05) is 12.1 Å². The van der Waals surface area contributed by atoms with Crippen LogP contribution in [0.1, 0.15) is 6.42 Å². The molecule has 1 unspecified atom stereocenters. The Hall–Kier alpha value is -1.12. The zero-order valence-electron chi connectivity index (χ0n) is 13.4. The smallest absolute Gasteiger partial charge is 0.233 e. The standard InChI is InChI=1S/C16H21FN2O3S2/c17-14-3-1-2-4-15(14)23-11-16(20)19-8-6-18(7-9-19)13-5-10-24(21,22)12-13/h1-4,13H,5-12H2. The molecular formula is C16H21FN2O3S2. The van der Waals surface area contributed by atoms with Gasteiger partial charge in [-0.15, -0.1) is 11.8 Å². The molecule has 0 aliphatic carbocycles. The Balaban J connectivity index is 1.46. The van der Waals surface area contributed by atoms with Crippen molar-refractivity contribution in [3.05, 3.63) is 30.1 Å². The largest absolute Gasteiger partial charge is 0.339 e. The molecule has 0 spiro atoms. The van der Waals surface area contributed by atoms with Gasteiger partial charge in [0.2, 0.25) is 5.91 Å². The lowest BCUT2D eigenvalue weighted by Crippen LogP contribution is -2.52. The number of thioether (sulfide) groups is 1. The lowest BCUT2D eigenvalue weighted by molar-refractivity contribution is -0.130. The van der Waals surface area contributed by atoms with Gasteiger partial charge in [0, 0.05) is 37.1 Å². The highest BCUT2D eigenvalue weighted by Crippen LogP contribution is 2.23. The van der Waals surface area contributed by atoms with Crippen LogP contribution in [0.15, 0.2) is 29.2 Å². The molecule has 0 N–H and O–H groups in total. The van der Waals surface area contributed by atoms with Crippen LogP contribution in [0.25, 0.3) is 0 Å². The van der Waals surface area contributed by atoms with E-state index >= 15 is 0 Å². The van der Waals surface area contributed by atoms with E-state index in [1.54, 1.807) is 23.1 Å². The fourth-order valence-electron chi connectivity index (χ4n) is 3.19. The SMILES string of the molecule is O=C(CSc1ccccc1F)N1CCN(C2CCS(=O)(=O)C2)CC1. The molecule has 24 heavy (non-hydrogen) atoms. The van der Waals surface area contributed by atoms with Crippen LogP contribution in [-0.2, 0) is 14.6 Å². The third kappa shape index (κ3) is 4.29. The average molecular weight is 372 g/mol. The minimum atomic E-state index is -2.88. The molecule has 1 aromatic carbocycles. The first-order chi connectivity index (χ1) is 11.4. The first-order valence-electron chi connectivity index (χ1n) is 8.04. The van der Waals surface area contributed by atoms with Gasteiger partial charge in [-0.25, -0.2) is 12.8 Å². The molecule has 3 rings (SSSR count). The summed E-state index contributed by atoms with van der Waals surface area (Å²) < 4.78 is 36.7. The minimum absolute atomic E-state index is 0.00180. The molecule has 2 fully saturated rings. The highest BCUT2D eigenvalue weighted by molar-refractivity contribution is 8.00. The Bertz CT molecular complexity index is 703. The van der Waals surface area contributed by atoms with Crippen molar-refractivity contribution in [2.45, 2.75) is 17.4 Å². The number of piperazine rings is 1. The van der Waals surface area contributed by atoms with E-state index < -0.39 is 9.84 Å². The first kappa shape index (κ1) is 17.7. The Morgan fingerprint density at radius 1 is 1.21 bits per heavy atom. The third-order valence-corrected chi connectivity index (χ3v) is 7.36. The first-order valence-corrected chi connectivity index (χ1v) is 10.8. The number of hydrogen-bond donors (Lipinski definition) is 0. The zero-order valence-corrected chi connectivity index (χ0v) is 15.0. The van der Waals surface area contributed by atoms with E-state index in [0.717, 1.165) is 0 Å². The van der Waals surface area contributed by atoms with Crippen molar-refractivity contribution in [2.75, 3.05) is 43.4 Å². The molecule has 1 atom stereocenters. The van der Waals surface area contributed by atoms with E-state index in [0.29, 0.717) is 37.5 Å². The van der Waals surface area contributed by atoms with Crippen LogP contribution in [0.4, 0.5) is 4.39 Å². The highest BCUT2D eigenvalue weighted by atomic mass is 32.2. The fourth-order valence-corrected chi connectivity index (χ4v) is 5.80. The Kier molecular flexibility index (Phi) is 5.46. The zero-order chi connectivity index (χ0) is 17.2. The van der Waals surface area contributed by atoms with Crippen molar-refractivity contribution in [1.82, 2.24) is 9.80 Å². The van der Waals surface area contributed by atoms with Crippen molar-refractivity contribution in [2.24, 2.45) is 0 Å². The van der Waals surface area contributed by atoms with Gasteiger partial charge in [-0.3, -0.25) is 9.69 Å². The fraction of sp³-hybridized carbons (Fsp3) is 0.562. The lowest BCUT2D eigenvalue weighted by Gasteiger charge is -2.37. The summed E-state index contributed by atoms with van der Waals surface area (Å²) in [7, 11) is -2.88. The topological polar surface area (TPSA) is 57.7 Å². The second-order valence-corrected chi connectivity index (χ2v) is 9.44. The molecule has 1 aromatic rings. The number of sulfone groups is 1. The maximum atomic E-state index is 13.6. The summed E-state index contributed by atoms with van der Waals surface area (Å²) in [6.07, 6.45) is 0.694. The molecular weight excluding hydrogens is 351 g/mol. The van der Waals surface area contributed by atoms with Crippen LogP contribution in [-0.4, -0.2) is 73.6 Å². The van der Waals surface area contributed by atoms with Gasteiger partial charge >= 0.3 is 0 Å². The summed E-state index contributed by atoms with van der Waals surface area (Å²) in [6.45, 7) is 2.62. The number of nitrogens with zero attached hydrogens (tertiary/aromatic N) is 2. The van der Waals surface area contributed by atoms with E-state index in [2.05, 4.69) is 4.90 Å². The average Bonchev–Trinajstić information content (AvgIpc) is 2.94. The molecule has 132 valence electrons. The Labute approximate surface area is 146 Å². The number of benzene rings is 1. The van der Waals surface area contributed by atoms with E-state index in [9.17, 15) is 17.6 Å².